The average molecular weight is 258 g/mol. The van der Waals surface area contributed by atoms with Crippen LogP contribution in [0.5, 0.6) is 0 Å². The van der Waals surface area contributed by atoms with Crippen molar-refractivity contribution in [2.45, 2.75) is 30.8 Å². The molecule has 2 unspecified atom stereocenters. The highest BCUT2D eigenvalue weighted by molar-refractivity contribution is 8.06. The Hall–Kier alpha value is -0.490. The van der Waals surface area contributed by atoms with E-state index in [1.807, 2.05) is 23.5 Å². The number of ketones is 1. The van der Waals surface area contributed by atoms with E-state index in [1.54, 1.807) is 0 Å². The van der Waals surface area contributed by atoms with Gasteiger partial charge in [-0.25, -0.2) is 0 Å². The van der Waals surface area contributed by atoms with Gasteiger partial charge in [-0.1, -0.05) is 12.1 Å². The van der Waals surface area contributed by atoms with Gasteiger partial charge in [0.05, 0.1) is 5.25 Å². The molecule has 1 saturated heterocycles. The van der Waals surface area contributed by atoms with E-state index >= 15 is 0 Å². The van der Waals surface area contributed by atoms with Crippen molar-refractivity contribution in [1.29, 1.82) is 0 Å². The van der Waals surface area contributed by atoms with Crippen LogP contribution in [0.25, 0.3) is 0 Å². The van der Waals surface area contributed by atoms with E-state index in [4.69, 9.17) is 4.52 Å². The fraction of sp³-hybridized carbons (Fsp3) is 0.700. The number of hydrogen-bond donors (Lipinski definition) is 0. The van der Waals surface area contributed by atoms with Gasteiger partial charge >= 0.3 is 0 Å². The largest absolute Gasteiger partial charge is 0.331 e. The molecule has 1 aliphatic rings. The van der Waals surface area contributed by atoms with Crippen LogP contribution >= 0.6 is 23.5 Å². The van der Waals surface area contributed by atoms with Gasteiger partial charge in [-0.2, -0.15) is 16.7 Å². The highest BCUT2D eigenvalue weighted by Gasteiger charge is 2.30. The van der Waals surface area contributed by atoms with E-state index in [0.717, 1.165) is 12.2 Å². The summed E-state index contributed by atoms with van der Waals surface area (Å²) >= 11 is 3.81. The Bertz CT molecular complexity index is 381. The van der Waals surface area contributed by atoms with Gasteiger partial charge in [0.25, 0.3) is 5.89 Å². The first kappa shape index (κ1) is 12.0. The fourth-order valence-corrected chi connectivity index (χ4v) is 4.62. The summed E-state index contributed by atoms with van der Waals surface area (Å²) in [4.78, 5) is 15.3. The molecule has 88 valence electrons. The fourth-order valence-electron chi connectivity index (χ4n) is 1.64. The normalized spacial score (nSPS) is 25.6. The Kier molecular flexibility index (Phi) is 3.91. The van der Waals surface area contributed by atoms with Crippen molar-refractivity contribution >= 4 is 29.3 Å². The Morgan fingerprint density at radius 2 is 2.25 bits per heavy atom. The number of Topliss-reactive ketones (excluding diaryl/α,β-unsaturated/α-hetero) is 1. The number of hydrogen-bond acceptors (Lipinski definition) is 6. The number of rotatable bonds is 3. The predicted octanol–water partition coefficient (Wildman–Crippen LogP) is 2.57. The first-order valence-electron chi connectivity index (χ1n) is 5.30. The van der Waals surface area contributed by atoms with Crippen LogP contribution < -0.4 is 0 Å². The molecule has 0 aliphatic carbocycles. The minimum Gasteiger partial charge on any atom is -0.331 e. The summed E-state index contributed by atoms with van der Waals surface area (Å²) in [5.74, 6) is 2.92. The number of thioether (sulfide) groups is 2. The molecule has 1 aliphatic heterocycles. The molecule has 0 N–H and O–H groups in total. The van der Waals surface area contributed by atoms with E-state index in [9.17, 15) is 4.79 Å². The summed E-state index contributed by atoms with van der Waals surface area (Å²) in [5, 5.41) is 4.71. The third-order valence-electron chi connectivity index (χ3n) is 2.45. The molecule has 1 aromatic rings. The molecule has 1 aromatic heterocycles. The van der Waals surface area contributed by atoms with Crippen LogP contribution in [-0.2, 0) is 0 Å². The summed E-state index contributed by atoms with van der Waals surface area (Å²) in [5.41, 5.74) is 0. The van der Waals surface area contributed by atoms with Gasteiger partial charge in [-0.3, -0.25) is 4.79 Å². The Labute approximate surface area is 103 Å². The molecule has 2 heterocycles. The van der Waals surface area contributed by atoms with Gasteiger partial charge in [-0.05, 0) is 6.42 Å². The van der Waals surface area contributed by atoms with Crippen molar-refractivity contribution in [2.75, 3.05) is 11.5 Å². The van der Waals surface area contributed by atoms with Crippen LogP contribution in [0.4, 0.5) is 0 Å². The molecule has 4 nitrogen and oxygen atoms in total. The second kappa shape index (κ2) is 5.23. The molecule has 0 aromatic carbocycles. The van der Waals surface area contributed by atoms with Crippen molar-refractivity contribution in [3.63, 3.8) is 0 Å². The summed E-state index contributed by atoms with van der Waals surface area (Å²) in [6.07, 6.45) is 1.09. The van der Waals surface area contributed by atoms with Gasteiger partial charge in [0.1, 0.15) is 0 Å². The lowest BCUT2D eigenvalue weighted by molar-refractivity contribution is 0.0972. The minimum atomic E-state index is -0.166. The van der Waals surface area contributed by atoms with E-state index in [2.05, 4.69) is 17.1 Å². The van der Waals surface area contributed by atoms with Gasteiger partial charge < -0.3 is 4.52 Å². The van der Waals surface area contributed by atoms with Crippen LogP contribution in [-0.4, -0.2) is 32.7 Å². The quantitative estimate of drug-likeness (QED) is 0.777. The first-order valence-corrected chi connectivity index (χ1v) is 7.40. The molecule has 2 rings (SSSR count). The van der Waals surface area contributed by atoms with Crippen molar-refractivity contribution in [3.8, 4) is 0 Å². The van der Waals surface area contributed by atoms with Crippen molar-refractivity contribution in [2.24, 2.45) is 0 Å². The zero-order chi connectivity index (χ0) is 11.5. The topological polar surface area (TPSA) is 56.0 Å². The lowest BCUT2D eigenvalue weighted by atomic mass is 10.2. The second-order valence-corrected chi connectivity index (χ2v) is 6.22. The molecular weight excluding hydrogens is 244 g/mol. The van der Waals surface area contributed by atoms with Crippen LogP contribution in [0, 0.1) is 0 Å². The van der Waals surface area contributed by atoms with Gasteiger partial charge in [0.2, 0.25) is 5.78 Å². The second-order valence-electron chi connectivity index (χ2n) is 3.62. The monoisotopic (exact) mass is 258 g/mol. The summed E-state index contributed by atoms with van der Waals surface area (Å²) in [6, 6.07) is 0. The van der Waals surface area contributed by atoms with Crippen LogP contribution in [0.3, 0.4) is 0 Å². The third kappa shape index (κ3) is 2.43. The lowest BCUT2D eigenvalue weighted by Gasteiger charge is -2.27. The summed E-state index contributed by atoms with van der Waals surface area (Å²) in [7, 11) is 0. The maximum Gasteiger partial charge on any atom is 0.293 e. The predicted molar refractivity (Wildman–Crippen MR) is 66.0 cm³/mol. The first-order chi connectivity index (χ1) is 7.72. The Morgan fingerprint density at radius 1 is 1.50 bits per heavy atom. The van der Waals surface area contributed by atoms with Crippen molar-refractivity contribution in [3.05, 3.63) is 11.7 Å². The molecule has 6 heteroatoms. The highest BCUT2D eigenvalue weighted by atomic mass is 32.2. The average Bonchev–Trinajstić information content (AvgIpc) is 2.78. The molecule has 0 spiro atoms. The number of aromatic nitrogens is 2. The van der Waals surface area contributed by atoms with Crippen molar-refractivity contribution < 1.29 is 9.32 Å². The zero-order valence-electron chi connectivity index (χ0n) is 9.30. The molecule has 0 amide bonds. The van der Waals surface area contributed by atoms with Gasteiger partial charge in [0, 0.05) is 23.7 Å². The molecule has 0 bridgehead atoms. The Morgan fingerprint density at radius 3 is 2.88 bits per heavy atom. The van der Waals surface area contributed by atoms with Gasteiger partial charge in [0.15, 0.2) is 5.82 Å². The standard InChI is InChI=1S/C10H14N2O2S2/c1-3-7-8(16-5-4-15-7)9-11-10(6(2)13)14-12-9/h7-8H,3-5H2,1-2H3. The summed E-state index contributed by atoms with van der Waals surface area (Å²) < 4.78 is 4.94. The number of carbonyl (C=O) groups excluding carboxylic acids is 1. The molecular formula is C10H14N2O2S2. The highest BCUT2D eigenvalue weighted by Crippen LogP contribution is 2.42. The SMILES string of the molecule is CCC1SCCSC1c1noc(C(C)=O)n1. The van der Waals surface area contributed by atoms with Crippen LogP contribution in [0.2, 0.25) is 0 Å². The molecule has 0 radical (unpaired) electrons. The van der Waals surface area contributed by atoms with E-state index in [0.29, 0.717) is 11.1 Å². The van der Waals surface area contributed by atoms with Crippen LogP contribution in [0.15, 0.2) is 4.52 Å². The maximum absolute atomic E-state index is 11.1. The van der Waals surface area contributed by atoms with Crippen LogP contribution in [0.1, 0.15) is 42.0 Å². The maximum atomic E-state index is 11.1. The lowest BCUT2D eigenvalue weighted by Crippen LogP contribution is -2.19. The third-order valence-corrected chi connectivity index (χ3v) is 5.69. The van der Waals surface area contributed by atoms with E-state index in [1.165, 1.54) is 12.7 Å². The van der Waals surface area contributed by atoms with E-state index in [-0.39, 0.29) is 16.9 Å². The smallest absolute Gasteiger partial charge is 0.293 e. The number of carbonyl (C=O) groups is 1. The number of nitrogens with zero attached hydrogens (tertiary/aromatic N) is 2. The molecule has 16 heavy (non-hydrogen) atoms. The molecule has 0 saturated carbocycles. The van der Waals surface area contributed by atoms with Gasteiger partial charge in [-0.15, -0.1) is 11.8 Å². The molecule has 1 fully saturated rings. The summed E-state index contributed by atoms with van der Waals surface area (Å²) in [6.45, 7) is 3.61. The van der Waals surface area contributed by atoms with Crippen molar-refractivity contribution in [1.82, 2.24) is 10.1 Å². The zero-order valence-corrected chi connectivity index (χ0v) is 10.9. The van der Waals surface area contributed by atoms with E-state index < -0.39 is 0 Å². The Balaban J connectivity index is 2.17. The minimum absolute atomic E-state index is 0.126. The molecule has 2 atom stereocenters.